The van der Waals surface area contributed by atoms with Gasteiger partial charge in [-0.25, -0.2) is 4.98 Å². The normalized spacial score (nSPS) is 24.6. The van der Waals surface area contributed by atoms with Crippen molar-refractivity contribution in [3.63, 3.8) is 0 Å². The third kappa shape index (κ3) is 2.28. The molecule has 6 heteroatoms. The molecule has 0 bridgehead atoms. The highest BCUT2D eigenvalue weighted by molar-refractivity contribution is 6.12. The van der Waals surface area contributed by atoms with Gasteiger partial charge >= 0.3 is 0 Å². The number of Topliss-reactive ketones (excluding diaryl/α,β-unsaturated/α-hetero) is 1. The Kier molecular flexibility index (Phi) is 3.67. The molecule has 1 aromatic carbocycles. The van der Waals surface area contributed by atoms with Crippen molar-refractivity contribution in [1.29, 1.82) is 0 Å². The summed E-state index contributed by atoms with van der Waals surface area (Å²) in [6.07, 6.45) is 1.33. The molecule has 0 aliphatic carbocycles. The van der Waals surface area contributed by atoms with Crippen molar-refractivity contribution in [3.05, 3.63) is 48.7 Å². The summed E-state index contributed by atoms with van der Waals surface area (Å²) >= 11 is 0. The first-order valence-electron chi connectivity index (χ1n) is 8.50. The van der Waals surface area contributed by atoms with Gasteiger partial charge in [-0.2, -0.15) is 0 Å². The van der Waals surface area contributed by atoms with Crippen LogP contribution in [0.4, 0.5) is 17.2 Å². The van der Waals surface area contributed by atoms with Gasteiger partial charge in [-0.05, 0) is 38.1 Å². The molecule has 1 amide bonds. The van der Waals surface area contributed by atoms with Crippen molar-refractivity contribution in [3.8, 4) is 0 Å². The number of likely N-dealkylation sites (N-methyl/N-ethyl adjacent to an activating group) is 1. The van der Waals surface area contributed by atoms with Crippen LogP contribution in [0.2, 0.25) is 0 Å². The lowest BCUT2D eigenvalue weighted by molar-refractivity contribution is -0.129. The number of carbonyl (C=O) groups is 2. The number of anilines is 3. The molecule has 2 aromatic rings. The summed E-state index contributed by atoms with van der Waals surface area (Å²) < 4.78 is 0. The molecule has 0 spiro atoms. The Morgan fingerprint density at radius 1 is 1.20 bits per heavy atom. The zero-order valence-electron chi connectivity index (χ0n) is 14.2. The maximum absolute atomic E-state index is 13.1. The van der Waals surface area contributed by atoms with Crippen LogP contribution < -0.4 is 15.1 Å². The second-order valence-electron chi connectivity index (χ2n) is 6.37. The van der Waals surface area contributed by atoms with Gasteiger partial charge < -0.3 is 10.2 Å². The lowest BCUT2D eigenvalue weighted by Crippen LogP contribution is -2.55. The first-order chi connectivity index (χ1) is 12.1. The molecule has 3 heterocycles. The van der Waals surface area contributed by atoms with E-state index in [0.717, 1.165) is 11.4 Å². The quantitative estimate of drug-likeness (QED) is 0.871. The van der Waals surface area contributed by atoms with E-state index in [-0.39, 0.29) is 23.9 Å². The van der Waals surface area contributed by atoms with Gasteiger partial charge in [-0.15, -0.1) is 0 Å². The molecule has 0 radical (unpaired) electrons. The number of aromatic nitrogens is 1. The predicted octanol–water partition coefficient (Wildman–Crippen LogP) is 2.28. The molecule has 2 aliphatic rings. The largest absolute Gasteiger partial charge is 0.362 e. The van der Waals surface area contributed by atoms with Crippen molar-refractivity contribution >= 4 is 28.9 Å². The molecule has 25 heavy (non-hydrogen) atoms. The molecule has 0 saturated carbocycles. The number of para-hydroxylation sites is 2. The number of fused-ring (bicyclic) bond motifs is 2. The molecule has 6 nitrogen and oxygen atoms in total. The molecule has 1 fully saturated rings. The SMILES string of the molecule is CCN1c2ccccc2NC2C1C(C(C)=O)C(=O)N2c1ccccn1. The van der Waals surface area contributed by atoms with Gasteiger partial charge in [0.15, 0.2) is 0 Å². The Morgan fingerprint density at radius 3 is 2.64 bits per heavy atom. The predicted molar refractivity (Wildman–Crippen MR) is 96.6 cm³/mol. The summed E-state index contributed by atoms with van der Waals surface area (Å²) in [4.78, 5) is 33.6. The summed E-state index contributed by atoms with van der Waals surface area (Å²) in [5.74, 6) is -0.444. The second-order valence-corrected chi connectivity index (χ2v) is 6.37. The number of nitrogens with zero attached hydrogens (tertiary/aromatic N) is 3. The minimum atomic E-state index is -0.701. The monoisotopic (exact) mass is 336 g/mol. The van der Waals surface area contributed by atoms with Gasteiger partial charge in [0, 0.05) is 12.7 Å². The maximum Gasteiger partial charge on any atom is 0.242 e. The molecule has 3 unspecified atom stereocenters. The molecule has 3 atom stereocenters. The summed E-state index contributed by atoms with van der Waals surface area (Å²) in [5, 5.41) is 3.46. The van der Waals surface area contributed by atoms with Crippen LogP contribution in [0.25, 0.3) is 0 Å². The molecule has 4 rings (SSSR count). The van der Waals surface area contributed by atoms with Gasteiger partial charge in [-0.1, -0.05) is 18.2 Å². The smallest absolute Gasteiger partial charge is 0.242 e. The lowest BCUT2D eigenvalue weighted by atomic mass is 9.93. The molecule has 1 aromatic heterocycles. The van der Waals surface area contributed by atoms with Crippen LogP contribution >= 0.6 is 0 Å². The number of nitrogens with one attached hydrogen (secondary N) is 1. The number of carbonyl (C=O) groups excluding carboxylic acids is 2. The topological polar surface area (TPSA) is 65.5 Å². The highest BCUT2D eigenvalue weighted by Gasteiger charge is 2.55. The van der Waals surface area contributed by atoms with E-state index in [4.69, 9.17) is 0 Å². The molecular formula is C19H20N4O2. The highest BCUT2D eigenvalue weighted by atomic mass is 16.2. The van der Waals surface area contributed by atoms with Gasteiger partial charge in [0.05, 0.1) is 17.4 Å². The van der Waals surface area contributed by atoms with E-state index in [2.05, 4.69) is 15.2 Å². The minimum Gasteiger partial charge on any atom is -0.362 e. The van der Waals surface area contributed by atoms with E-state index in [0.29, 0.717) is 12.4 Å². The zero-order chi connectivity index (χ0) is 17.6. The number of ketones is 1. The van der Waals surface area contributed by atoms with Crippen molar-refractivity contribution in [1.82, 2.24) is 4.98 Å². The van der Waals surface area contributed by atoms with Crippen LogP contribution in [0.1, 0.15) is 13.8 Å². The fraction of sp³-hybridized carbons (Fsp3) is 0.316. The van der Waals surface area contributed by atoms with Crippen LogP contribution in [0.5, 0.6) is 0 Å². The van der Waals surface area contributed by atoms with Crippen molar-refractivity contribution in [2.45, 2.75) is 26.1 Å². The first kappa shape index (κ1) is 15.6. The van der Waals surface area contributed by atoms with E-state index in [9.17, 15) is 9.59 Å². The average Bonchev–Trinajstić information content (AvgIpc) is 2.92. The molecule has 128 valence electrons. The minimum absolute atomic E-state index is 0.113. The van der Waals surface area contributed by atoms with E-state index in [1.165, 1.54) is 6.92 Å². The molecule has 2 aliphatic heterocycles. The number of hydrogen-bond acceptors (Lipinski definition) is 5. The van der Waals surface area contributed by atoms with Crippen molar-refractivity contribution in [2.24, 2.45) is 5.92 Å². The summed E-state index contributed by atoms with van der Waals surface area (Å²) in [6, 6.07) is 13.2. The van der Waals surface area contributed by atoms with Crippen molar-refractivity contribution in [2.75, 3.05) is 21.7 Å². The number of benzene rings is 1. The molecule has 1 saturated heterocycles. The van der Waals surface area contributed by atoms with E-state index in [1.807, 2.05) is 43.3 Å². The average molecular weight is 336 g/mol. The Morgan fingerprint density at radius 2 is 1.96 bits per heavy atom. The fourth-order valence-corrected chi connectivity index (χ4v) is 3.98. The lowest BCUT2D eigenvalue weighted by Gasteiger charge is -2.43. The van der Waals surface area contributed by atoms with E-state index in [1.54, 1.807) is 17.2 Å². The number of amides is 1. The fourth-order valence-electron chi connectivity index (χ4n) is 3.98. The molecular weight excluding hydrogens is 316 g/mol. The van der Waals surface area contributed by atoms with Gasteiger partial charge in [0.25, 0.3) is 0 Å². The Balaban J connectivity index is 1.86. The standard InChI is InChI=1S/C19H20N4O2/c1-3-22-14-9-5-4-8-13(14)21-18-17(22)16(12(2)24)19(25)23(18)15-10-6-7-11-20-15/h4-11,16-18,21H,3H2,1-2H3. The summed E-state index contributed by atoms with van der Waals surface area (Å²) in [7, 11) is 0. The Labute approximate surface area is 146 Å². The van der Waals surface area contributed by atoms with Crippen LogP contribution in [0.15, 0.2) is 48.7 Å². The zero-order valence-corrected chi connectivity index (χ0v) is 14.2. The maximum atomic E-state index is 13.1. The number of rotatable bonds is 3. The van der Waals surface area contributed by atoms with Gasteiger partial charge in [-0.3, -0.25) is 14.5 Å². The van der Waals surface area contributed by atoms with E-state index < -0.39 is 5.92 Å². The third-order valence-electron chi connectivity index (χ3n) is 5.00. The number of hydrogen-bond donors (Lipinski definition) is 1. The summed E-state index contributed by atoms with van der Waals surface area (Å²) in [6.45, 7) is 4.26. The van der Waals surface area contributed by atoms with Crippen LogP contribution in [-0.4, -0.2) is 35.4 Å². The highest BCUT2D eigenvalue weighted by Crippen LogP contribution is 2.42. The van der Waals surface area contributed by atoms with Crippen LogP contribution in [0, 0.1) is 5.92 Å². The third-order valence-corrected chi connectivity index (χ3v) is 5.00. The Bertz CT molecular complexity index is 823. The van der Waals surface area contributed by atoms with Gasteiger partial charge in [0.1, 0.15) is 23.7 Å². The van der Waals surface area contributed by atoms with Crippen LogP contribution in [-0.2, 0) is 9.59 Å². The summed E-state index contributed by atoms with van der Waals surface area (Å²) in [5.41, 5.74) is 1.98. The number of pyridine rings is 1. The van der Waals surface area contributed by atoms with Crippen LogP contribution in [0.3, 0.4) is 0 Å². The van der Waals surface area contributed by atoms with E-state index >= 15 is 0 Å². The van der Waals surface area contributed by atoms with Gasteiger partial charge in [0.2, 0.25) is 5.91 Å². The van der Waals surface area contributed by atoms with Crippen molar-refractivity contribution < 1.29 is 9.59 Å². The Hall–Kier alpha value is -2.89. The first-order valence-corrected chi connectivity index (χ1v) is 8.50. The second kappa shape index (κ2) is 5.88. The molecule has 1 N–H and O–H groups in total.